The molecule has 120 valence electrons. The van der Waals surface area contributed by atoms with Crippen molar-refractivity contribution in [3.8, 4) is 5.75 Å². The highest BCUT2D eigenvalue weighted by atomic mass is 35.5. The molecule has 1 aliphatic rings. The number of hydrogen-bond acceptors (Lipinski definition) is 4. The van der Waals surface area contributed by atoms with Crippen LogP contribution >= 0.6 is 12.4 Å². The molecule has 0 unspecified atom stereocenters. The zero-order valence-corrected chi connectivity index (χ0v) is 13.7. The van der Waals surface area contributed by atoms with Gasteiger partial charge in [0.15, 0.2) is 0 Å². The van der Waals surface area contributed by atoms with Gasteiger partial charge in [0.05, 0.1) is 6.10 Å². The van der Waals surface area contributed by atoms with Crippen LogP contribution in [0.25, 0.3) is 0 Å². The Labute approximate surface area is 133 Å². The van der Waals surface area contributed by atoms with Crippen molar-refractivity contribution in [1.82, 2.24) is 10.2 Å². The molecule has 5 heteroatoms. The summed E-state index contributed by atoms with van der Waals surface area (Å²) in [6, 6.07) is 8.45. The maximum absolute atomic E-state index is 9.42. The van der Waals surface area contributed by atoms with Crippen molar-refractivity contribution in [3.05, 3.63) is 29.8 Å². The lowest BCUT2D eigenvalue weighted by molar-refractivity contribution is 0.136. The molecule has 0 aromatic heterocycles. The topological polar surface area (TPSA) is 44.7 Å². The van der Waals surface area contributed by atoms with E-state index in [1.54, 1.807) is 0 Å². The fraction of sp³-hybridized carbons (Fsp3) is 0.625. The van der Waals surface area contributed by atoms with Gasteiger partial charge in [-0.3, -0.25) is 4.90 Å². The molecule has 2 N–H and O–H groups in total. The fourth-order valence-corrected chi connectivity index (χ4v) is 2.77. The number of piperazine rings is 1. The quantitative estimate of drug-likeness (QED) is 0.845. The lowest BCUT2D eigenvalue weighted by Crippen LogP contribution is -2.45. The second-order valence-electron chi connectivity index (χ2n) is 5.52. The maximum atomic E-state index is 9.42. The van der Waals surface area contributed by atoms with E-state index in [4.69, 9.17) is 4.74 Å². The second kappa shape index (κ2) is 9.26. The SMILES string of the molecule is CC(C)Oc1ccccc1[C@H](CCO)N1CCNCC1.Cl. The zero-order chi connectivity index (χ0) is 14.4. The third-order valence-electron chi connectivity index (χ3n) is 3.64. The van der Waals surface area contributed by atoms with Gasteiger partial charge in [0.25, 0.3) is 0 Å². The number of halogens is 1. The van der Waals surface area contributed by atoms with Crippen molar-refractivity contribution in [2.24, 2.45) is 0 Å². The average molecular weight is 315 g/mol. The number of aliphatic hydroxyl groups is 1. The summed E-state index contributed by atoms with van der Waals surface area (Å²) in [5, 5.41) is 12.8. The molecular weight excluding hydrogens is 288 g/mol. The van der Waals surface area contributed by atoms with Crippen LogP contribution in [0.3, 0.4) is 0 Å². The minimum atomic E-state index is 0. The molecule has 1 aromatic rings. The van der Waals surface area contributed by atoms with Gasteiger partial charge in [0, 0.05) is 44.4 Å². The first-order valence-electron chi connectivity index (χ1n) is 7.53. The monoisotopic (exact) mass is 314 g/mol. The Kier molecular flexibility index (Phi) is 8.04. The van der Waals surface area contributed by atoms with Gasteiger partial charge in [0.1, 0.15) is 5.75 Å². The molecular formula is C16H27ClN2O2. The van der Waals surface area contributed by atoms with Gasteiger partial charge in [-0.05, 0) is 26.3 Å². The number of nitrogens with one attached hydrogen (secondary N) is 1. The molecule has 21 heavy (non-hydrogen) atoms. The van der Waals surface area contributed by atoms with E-state index >= 15 is 0 Å². The number of benzene rings is 1. The summed E-state index contributed by atoms with van der Waals surface area (Å²) in [4.78, 5) is 2.44. The van der Waals surface area contributed by atoms with Crippen molar-refractivity contribution < 1.29 is 9.84 Å². The highest BCUT2D eigenvalue weighted by Crippen LogP contribution is 2.32. The molecule has 0 spiro atoms. The van der Waals surface area contributed by atoms with E-state index in [2.05, 4.69) is 22.3 Å². The molecule has 1 atom stereocenters. The molecule has 1 saturated heterocycles. The van der Waals surface area contributed by atoms with E-state index in [1.807, 2.05) is 26.0 Å². The Morgan fingerprint density at radius 3 is 2.52 bits per heavy atom. The van der Waals surface area contributed by atoms with Gasteiger partial charge in [-0.2, -0.15) is 0 Å². The smallest absolute Gasteiger partial charge is 0.124 e. The number of nitrogens with zero attached hydrogens (tertiary/aromatic N) is 1. The maximum Gasteiger partial charge on any atom is 0.124 e. The van der Waals surface area contributed by atoms with Gasteiger partial charge < -0.3 is 15.2 Å². The van der Waals surface area contributed by atoms with Crippen molar-refractivity contribution in [3.63, 3.8) is 0 Å². The van der Waals surface area contributed by atoms with Crippen molar-refractivity contribution >= 4 is 12.4 Å². The Hall–Kier alpha value is -0.810. The van der Waals surface area contributed by atoms with Gasteiger partial charge >= 0.3 is 0 Å². The summed E-state index contributed by atoms with van der Waals surface area (Å²) in [6.45, 7) is 8.33. The summed E-state index contributed by atoms with van der Waals surface area (Å²) in [5.41, 5.74) is 1.19. The molecule has 1 heterocycles. The number of rotatable bonds is 6. The first kappa shape index (κ1) is 18.2. The molecule has 1 fully saturated rings. The Morgan fingerprint density at radius 2 is 1.90 bits per heavy atom. The van der Waals surface area contributed by atoms with Crippen LogP contribution < -0.4 is 10.1 Å². The van der Waals surface area contributed by atoms with Crippen molar-refractivity contribution in [2.45, 2.75) is 32.4 Å². The van der Waals surface area contributed by atoms with Crippen molar-refractivity contribution in [1.29, 1.82) is 0 Å². The molecule has 0 bridgehead atoms. The van der Waals surface area contributed by atoms with Gasteiger partial charge in [-0.15, -0.1) is 12.4 Å². The van der Waals surface area contributed by atoms with E-state index < -0.39 is 0 Å². The Bertz CT molecular complexity index is 409. The number of hydrogen-bond donors (Lipinski definition) is 2. The van der Waals surface area contributed by atoms with Crippen molar-refractivity contribution in [2.75, 3.05) is 32.8 Å². The Morgan fingerprint density at radius 1 is 1.24 bits per heavy atom. The standard InChI is InChI=1S/C16H26N2O2.ClH/c1-13(2)20-16-6-4-3-5-14(16)15(7-12-19)18-10-8-17-9-11-18;/h3-6,13,15,17,19H,7-12H2,1-2H3;1H/t15-;/m0./s1. The van der Waals surface area contributed by atoms with Crippen LogP contribution in [0.1, 0.15) is 31.9 Å². The summed E-state index contributed by atoms with van der Waals surface area (Å²) in [7, 11) is 0. The summed E-state index contributed by atoms with van der Waals surface area (Å²) < 4.78 is 5.94. The van der Waals surface area contributed by atoms with Gasteiger partial charge in [-0.1, -0.05) is 18.2 Å². The fourth-order valence-electron chi connectivity index (χ4n) is 2.77. The molecule has 0 saturated carbocycles. The van der Waals surface area contributed by atoms with E-state index in [0.29, 0.717) is 0 Å². The number of aliphatic hydroxyl groups excluding tert-OH is 1. The third-order valence-corrected chi connectivity index (χ3v) is 3.64. The highest BCUT2D eigenvalue weighted by Gasteiger charge is 2.24. The van der Waals surface area contributed by atoms with Crippen LogP contribution in [0, 0.1) is 0 Å². The lowest BCUT2D eigenvalue weighted by atomic mass is 10.0. The number of ether oxygens (including phenoxy) is 1. The normalized spacial score (nSPS) is 17.3. The van der Waals surface area contributed by atoms with E-state index in [1.165, 1.54) is 5.56 Å². The highest BCUT2D eigenvalue weighted by molar-refractivity contribution is 5.85. The van der Waals surface area contributed by atoms with Gasteiger partial charge in [0.2, 0.25) is 0 Å². The third kappa shape index (κ3) is 5.15. The molecule has 0 aliphatic carbocycles. The number of para-hydroxylation sites is 1. The second-order valence-corrected chi connectivity index (χ2v) is 5.52. The average Bonchev–Trinajstić information content (AvgIpc) is 2.46. The van der Waals surface area contributed by atoms with Crippen LogP contribution in [-0.2, 0) is 0 Å². The van der Waals surface area contributed by atoms with Crippen LogP contribution in [0.5, 0.6) is 5.75 Å². The van der Waals surface area contributed by atoms with Crippen LogP contribution in [0.4, 0.5) is 0 Å². The van der Waals surface area contributed by atoms with Gasteiger partial charge in [-0.25, -0.2) is 0 Å². The summed E-state index contributed by atoms with van der Waals surface area (Å²) in [6.07, 6.45) is 0.910. The lowest BCUT2D eigenvalue weighted by Gasteiger charge is -2.35. The predicted octanol–water partition coefficient (Wildman–Crippen LogP) is 2.22. The van der Waals surface area contributed by atoms with E-state index in [0.717, 1.165) is 38.3 Å². The molecule has 0 amide bonds. The molecule has 0 radical (unpaired) electrons. The zero-order valence-electron chi connectivity index (χ0n) is 12.9. The van der Waals surface area contributed by atoms with E-state index in [9.17, 15) is 5.11 Å². The first-order chi connectivity index (χ1) is 9.72. The first-order valence-corrected chi connectivity index (χ1v) is 7.53. The van der Waals surface area contributed by atoms with Crippen LogP contribution in [0.15, 0.2) is 24.3 Å². The predicted molar refractivity (Wildman–Crippen MR) is 88.3 cm³/mol. The minimum absolute atomic E-state index is 0. The minimum Gasteiger partial charge on any atom is -0.491 e. The van der Waals surface area contributed by atoms with Crippen LogP contribution in [0.2, 0.25) is 0 Å². The summed E-state index contributed by atoms with van der Waals surface area (Å²) in [5.74, 6) is 0.944. The molecule has 1 aromatic carbocycles. The molecule has 4 nitrogen and oxygen atoms in total. The summed E-state index contributed by atoms with van der Waals surface area (Å²) >= 11 is 0. The molecule has 2 rings (SSSR count). The van der Waals surface area contributed by atoms with Crippen LogP contribution in [-0.4, -0.2) is 48.9 Å². The Balaban J connectivity index is 0.00000220. The molecule has 1 aliphatic heterocycles. The van der Waals surface area contributed by atoms with E-state index in [-0.39, 0.29) is 31.2 Å². The largest absolute Gasteiger partial charge is 0.491 e.